The van der Waals surface area contributed by atoms with E-state index in [1.54, 1.807) is 0 Å². The second-order valence-corrected chi connectivity index (χ2v) is 5.02. The lowest BCUT2D eigenvalue weighted by molar-refractivity contribution is 0.798. The van der Waals surface area contributed by atoms with E-state index in [9.17, 15) is 0 Å². The molecule has 0 aromatic heterocycles. The second kappa shape index (κ2) is 6.44. The summed E-state index contributed by atoms with van der Waals surface area (Å²) < 4.78 is 0. The summed E-state index contributed by atoms with van der Waals surface area (Å²) in [4.78, 5) is 0. The van der Waals surface area contributed by atoms with E-state index in [-0.39, 0.29) is 6.04 Å². The molecule has 2 aromatic rings. The van der Waals surface area contributed by atoms with Gasteiger partial charge in [0.05, 0.1) is 6.04 Å². The van der Waals surface area contributed by atoms with Crippen molar-refractivity contribution in [1.82, 2.24) is 0 Å². The summed E-state index contributed by atoms with van der Waals surface area (Å²) in [6, 6.07) is 16.5. The molecule has 0 amide bonds. The zero-order valence-electron chi connectivity index (χ0n) is 11.1. The van der Waals surface area contributed by atoms with E-state index in [4.69, 9.17) is 11.6 Å². The molecule has 2 heteroatoms. The monoisotopic (exact) mass is 271 g/mol. The van der Waals surface area contributed by atoms with Gasteiger partial charge in [-0.25, -0.2) is 0 Å². The first-order valence-corrected chi connectivity index (χ1v) is 6.77. The van der Waals surface area contributed by atoms with E-state index in [0.29, 0.717) is 0 Å². The van der Waals surface area contributed by atoms with Gasteiger partial charge in [-0.3, -0.25) is 0 Å². The molecule has 0 radical (unpaired) electrons. The Labute approximate surface area is 119 Å². The molecule has 0 aliphatic heterocycles. The molecule has 98 valence electrons. The average Bonchev–Trinajstić information content (AvgIpc) is 2.42. The summed E-state index contributed by atoms with van der Waals surface area (Å²) >= 11 is 5.94. The normalized spacial score (nSPS) is 11.9. The van der Waals surface area contributed by atoms with Crippen LogP contribution < -0.4 is 5.32 Å². The number of aryl methyl sites for hydroxylation is 1. The van der Waals surface area contributed by atoms with Crippen molar-refractivity contribution in [2.45, 2.75) is 19.4 Å². The smallest absolute Gasteiger partial charge is 0.0548 e. The van der Waals surface area contributed by atoms with Crippen molar-refractivity contribution < 1.29 is 0 Å². The first-order valence-electron chi connectivity index (χ1n) is 6.39. The highest BCUT2D eigenvalue weighted by molar-refractivity contribution is 6.30. The van der Waals surface area contributed by atoms with Gasteiger partial charge < -0.3 is 5.32 Å². The number of hydrogen-bond donors (Lipinski definition) is 1. The van der Waals surface area contributed by atoms with Gasteiger partial charge in [0.25, 0.3) is 0 Å². The SMILES string of the molecule is C=CC[C@H](Nc1ccccc1C)c1ccc(Cl)cc1. The lowest BCUT2D eigenvalue weighted by Gasteiger charge is -2.20. The Kier molecular flexibility index (Phi) is 4.64. The maximum atomic E-state index is 5.94. The Morgan fingerprint density at radius 3 is 2.47 bits per heavy atom. The third-order valence-corrected chi connectivity index (χ3v) is 3.40. The van der Waals surface area contributed by atoms with E-state index in [1.165, 1.54) is 11.1 Å². The summed E-state index contributed by atoms with van der Waals surface area (Å²) in [5.74, 6) is 0. The maximum Gasteiger partial charge on any atom is 0.0548 e. The van der Waals surface area contributed by atoms with Crippen molar-refractivity contribution in [3.05, 3.63) is 77.3 Å². The van der Waals surface area contributed by atoms with Crippen molar-refractivity contribution in [1.29, 1.82) is 0 Å². The molecule has 0 aliphatic rings. The fourth-order valence-electron chi connectivity index (χ4n) is 2.06. The predicted octanol–water partition coefficient (Wildman–Crippen LogP) is 5.38. The van der Waals surface area contributed by atoms with Crippen LogP contribution in [0, 0.1) is 6.92 Å². The van der Waals surface area contributed by atoms with Gasteiger partial charge in [-0.05, 0) is 42.7 Å². The third-order valence-electron chi connectivity index (χ3n) is 3.15. The minimum Gasteiger partial charge on any atom is -0.378 e. The Bertz CT molecular complexity index is 545. The van der Waals surface area contributed by atoms with Crippen LogP contribution in [-0.2, 0) is 0 Å². The Balaban J connectivity index is 2.23. The Morgan fingerprint density at radius 2 is 1.84 bits per heavy atom. The van der Waals surface area contributed by atoms with Gasteiger partial charge in [-0.2, -0.15) is 0 Å². The quantitative estimate of drug-likeness (QED) is 0.720. The number of hydrogen-bond acceptors (Lipinski definition) is 1. The van der Waals surface area contributed by atoms with Crippen LogP contribution in [0.25, 0.3) is 0 Å². The lowest BCUT2D eigenvalue weighted by Crippen LogP contribution is -2.10. The van der Waals surface area contributed by atoms with Crippen LogP contribution in [0.4, 0.5) is 5.69 Å². The van der Waals surface area contributed by atoms with Crippen LogP contribution in [0.3, 0.4) is 0 Å². The van der Waals surface area contributed by atoms with E-state index < -0.39 is 0 Å². The third kappa shape index (κ3) is 3.62. The Morgan fingerprint density at radius 1 is 1.16 bits per heavy atom. The molecule has 1 N–H and O–H groups in total. The minimum absolute atomic E-state index is 0.218. The molecule has 19 heavy (non-hydrogen) atoms. The van der Waals surface area contributed by atoms with Crippen molar-refractivity contribution in [2.24, 2.45) is 0 Å². The van der Waals surface area contributed by atoms with Crippen LogP contribution in [0.2, 0.25) is 5.02 Å². The second-order valence-electron chi connectivity index (χ2n) is 4.59. The summed E-state index contributed by atoms with van der Waals surface area (Å²) in [5.41, 5.74) is 3.61. The molecular weight excluding hydrogens is 254 g/mol. The number of rotatable bonds is 5. The number of benzene rings is 2. The minimum atomic E-state index is 0.218. The average molecular weight is 272 g/mol. The molecule has 1 nitrogen and oxygen atoms in total. The molecular formula is C17H18ClN. The highest BCUT2D eigenvalue weighted by atomic mass is 35.5. The predicted molar refractivity (Wildman–Crippen MR) is 83.8 cm³/mol. The van der Waals surface area contributed by atoms with Crippen molar-refractivity contribution in [3.8, 4) is 0 Å². The number of halogens is 1. The molecule has 0 saturated carbocycles. The first-order chi connectivity index (χ1) is 9.20. The fraction of sp³-hybridized carbons (Fsp3) is 0.176. The molecule has 0 fully saturated rings. The summed E-state index contributed by atoms with van der Waals surface area (Å²) in [5, 5.41) is 4.33. The molecule has 2 aromatic carbocycles. The first kappa shape index (κ1) is 13.7. The largest absolute Gasteiger partial charge is 0.378 e. The van der Waals surface area contributed by atoms with Gasteiger partial charge in [-0.1, -0.05) is 48.0 Å². The van der Waals surface area contributed by atoms with Crippen molar-refractivity contribution in [3.63, 3.8) is 0 Å². The maximum absolute atomic E-state index is 5.94. The zero-order chi connectivity index (χ0) is 13.7. The van der Waals surface area contributed by atoms with Crippen molar-refractivity contribution >= 4 is 17.3 Å². The van der Waals surface area contributed by atoms with E-state index in [0.717, 1.165) is 17.1 Å². The fourth-order valence-corrected chi connectivity index (χ4v) is 2.19. The van der Waals surface area contributed by atoms with Crippen LogP contribution in [0.15, 0.2) is 61.2 Å². The molecule has 0 unspecified atom stereocenters. The van der Waals surface area contributed by atoms with Gasteiger partial charge in [-0.15, -0.1) is 6.58 Å². The van der Waals surface area contributed by atoms with Gasteiger partial charge in [0.1, 0.15) is 0 Å². The van der Waals surface area contributed by atoms with E-state index in [2.05, 4.69) is 43.1 Å². The molecule has 2 rings (SSSR count). The van der Waals surface area contributed by atoms with Crippen LogP contribution in [-0.4, -0.2) is 0 Å². The number of anilines is 1. The standard InChI is InChI=1S/C17H18ClN/c1-3-6-17(14-9-11-15(18)12-10-14)19-16-8-5-4-7-13(16)2/h3-5,7-12,17,19H,1,6H2,2H3/t17-/m0/s1. The van der Waals surface area contributed by atoms with Gasteiger partial charge in [0.15, 0.2) is 0 Å². The Hall–Kier alpha value is -1.73. The number of nitrogens with one attached hydrogen (secondary N) is 1. The van der Waals surface area contributed by atoms with Crippen LogP contribution in [0.1, 0.15) is 23.6 Å². The molecule has 0 spiro atoms. The van der Waals surface area contributed by atoms with Gasteiger partial charge in [0.2, 0.25) is 0 Å². The molecule has 0 saturated heterocycles. The molecule has 1 atom stereocenters. The summed E-state index contributed by atoms with van der Waals surface area (Å²) in [7, 11) is 0. The highest BCUT2D eigenvalue weighted by Gasteiger charge is 2.10. The van der Waals surface area contributed by atoms with E-state index >= 15 is 0 Å². The van der Waals surface area contributed by atoms with Gasteiger partial charge >= 0.3 is 0 Å². The summed E-state index contributed by atoms with van der Waals surface area (Å²) in [6.45, 7) is 5.95. The van der Waals surface area contributed by atoms with E-state index in [1.807, 2.05) is 30.3 Å². The molecule has 0 heterocycles. The zero-order valence-corrected chi connectivity index (χ0v) is 11.8. The topological polar surface area (TPSA) is 12.0 Å². The van der Waals surface area contributed by atoms with Crippen LogP contribution >= 0.6 is 11.6 Å². The van der Waals surface area contributed by atoms with Gasteiger partial charge in [0, 0.05) is 10.7 Å². The van der Waals surface area contributed by atoms with Crippen molar-refractivity contribution in [2.75, 3.05) is 5.32 Å². The highest BCUT2D eigenvalue weighted by Crippen LogP contribution is 2.26. The summed E-state index contributed by atoms with van der Waals surface area (Å²) in [6.07, 6.45) is 2.81. The molecule has 0 aliphatic carbocycles. The van der Waals surface area contributed by atoms with Crippen LogP contribution in [0.5, 0.6) is 0 Å². The lowest BCUT2D eigenvalue weighted by atomic mass is 10.0. The molecule has 0 bridgehead atoms. The number of para-hydroxylation sites is 1.